The van der Waals surface area contributed by atoms with E-state index in [4.69, 9.17) is 4.74 Å². The normalized spacial score (nSPS) is 11.2. The van der Waals surface area contributed by atoms with Gasteiger partial charge in [0.15, 0.2) is 0 Å². The number of ether oxygens (including phenoxy) is 1. The summed E-state index contributed by atoms with van der Waals surface area (Å²) in [6.45, 7) is 2.74. The Kier molecular flexibility index (Phi) is 8.80. The number of aromatic nitrogens is 2. The maximum atomic E-state index is 13.0. The number of hydrogen-bond acceptors (Lipinski definition) is 6. The zero-order valence-electron chi connectivity index (χ0n) is 19.3. The van der Waals surface area contributed by atoms with Crippen molar-refractivity contribution in [1.82, 2.24) is 15.1 Å². The monoisotopic (exact) mass is 506 g/mol. The maximum absolute atomic E-state index is 13.0. The van der Waals surface area contributed by atoms with Gasteiger partial charge in [0.2, 0.25) is 11.0 Å². The van der Waals surface area contributed by atoms with Gasteiger partial charge < -0.3 is 15.0 Å². The lowest BCUT2D eigenvalue weighted by atomic mass is 10.1. The molecule has 0 bridgehead atoms. The lowest BCUT2D eigenvalue weighted by Crippen LogP contribution is -2.34. The predicted molar refractivity (Wildman–Crippen MR) is 127 cm³/mol. The molecule has 0 saturated heterocycles. The molecule has 0 atom stereocenters. The molecule has 0 unspecified atom stereocenters. The Hall–Kier alpha value is -3.47. The number of alkyl halides is 3. The summed E-state index contributed by atoms with van der Waals surface area (Å²) in [5.74, 6) is 0.0369. The van der Waals surface area contributed by atoms with Crippen molar-refractivity contribution in [2.45, 2.75) is 32.4 Å². The summed E-state index contributed by atoms with van der Waals surface area (Å²) >= 11 is 1.05. The first-order valence-corrected chi connectivity index (χ1v) is 11.8. The molecule has 0 aliphatic rings. The molecule has 1 aromatic heterocycles. The second kappa shape index (κ2) is 11.8. The van der Waals surface area contributed by atoms with E-state index in [1.807, 2.05) is 6.92 Å². The van der Waals surface area contributed by atoms with E-state index >= 15 is 0 Å². The third kappa shape index (κ3) is 7.25. The predicted octanol–water partition coefficient (Wildman–Crippen LogP) is 5.50. The Morgan fingerprint density at radius 1 is 1.09 bits per heavy atom. The van der Waals surface area contributed by atoms with Crippen LogP contribution in [-0.4, -0.2) is 47.1 Å². The summed E-state index contributed by atoms with van der Waals surface area (Å²) < 4.78 is 43.4. The first kappa shape index (κ1) is 26.1. The second-order valence-electron chi connectivity index (χ2n) is 7.66. The molecule has 3 rings (SSSR count). The van der Waals surface area contributed by atoms with E-state index in [2.05, 4.69) is 15.5 Å². The highest BCUT2D eigenvalue weighted by atomic mass is 32.1. The Morgan fingerprint density at radius 2 is 1.83 bits per heavy atom. The lowest BCUT2D eigenvalue weighted by molar-refractivity contribution is -0.137. The quantitative estimate of drug-likeness (QED) is 0.392. The van der Waals surface area contributed by atoms with Gasteiger partial charge in [-0.2, -0.15) is 13.2 Å². The number of carbonyl (C=O) groups excluding carboxylic acids is 2. The summed E-state index contributed by atoms with van der Waals surface area (Å²) in [6, 6.07) is 11.4. The molecule has 2 aromatic carbocycles. The lowest BCUT2D eigenvalue weighted by Gasteiger charge is -2.22. The van der Waals surface area contributed by atoms with Crippen LogP contribution in [-0.2, 0) is 11.0 Å². The molecule has 35 heavy (non-hydrogen) atoms. The van der Waals surface area contributed by atoms with Crippen molar-refractivity contribution in [2.75, 3.05) is 25.5 Å². The van der Waals surface area contributed by atoms with Crippen molar-refractivity contribution in [3.05, 3.63) is 59.7 Å². The number of methoxy groups -OCH3 is 1. The molecule has 3 aromatic rings. The highest BCUT2D eigenvalue weighted by Gasteiger charge is 2.30. The molecular formula is C24H25F3N4O3S. The Bertz CT molecular complexity index is 1150. The molecule has 0 fully saturated rings. The number of rotatable bonds is 10. The first-order chi connectivity index (χ1) is 16.7. The fourth-order valence-electron chi connectivity index (χ4n) is 3.21. The second-order valence-corrected chi connectivity index (χ2v) is 8.64. The molecule has 0 saturated carbocycles. The van der Waals surface area contributed by atoms with Crippen LogP contribution < -0.4 is 10.1 Å². The zero-order chi connectivity index (χ0) is 25.4. The number of anilines is 1. The number of amides is 2. The standard InChI is InChI=1S/C24H25F3N4O3S/c1-3-4-13-31(22(33)17-6-5-7-19(15-17)34-2)14-12-20(32)28-23-30-29-21(35-23)16-8-10-18(11-9-16)24(25,26)27/h5-11,15H,3-4,12-14H2,1-2H3,(H,28,30,32). The highest BCUT2D eigenvalue weighted by Crippen LogP contribution is 2.32. The molecule has 0 radical (unpaired) electrons. The van der Waals surface area contributed by atoms with E-state index in [-0.39, 0.29) is 29.9 Å². The number of carbonyl (C=O) groups is 2. The molecule has 0 spiro atoms. The summed E-state index contributed by atoms with van der Waals surface area (Å²) in [7, 11) is 1.53. The van der Waals surface area contributed by atoms with Crippen molar-refractivity contribution >= 4 is 28.3 Å². The third-order valence-electron chi connectivity index (χ3n) is 5.12. The van der Waals surface area contributed by atoms with Crippen LogP contribution in [0.1, 0.15) is 42.1 Å². The van der Waals surface area contributed by atoms with E-state index in [9.17, 15) is 22.8 Å². The zero-order valence-corrected chi connectivity index (χ0v) is 20.1. The van der Waals surface area contributed by atoms with Crippen LogP contribution in [0.4, 0.5) is 18.3 Å². The SMILES string of the molecule is CCCCN(CCC(=O)Nc1nnc(-c2ccc(C(F)(F)F)cc2)s1)C(=O)c1cccc(OC)c1. The minimum Gasteiger partial charge on any atom is -0.497 e. The van der Waals surface area contributed by atoms with E-state index in [1.54, 1.807) is 29.2 Å². The van der Waals surface area contributed by atoms with Crippen LogP contribution >= 0.6 is 11.3 Å². The van der Waals surface area contributed by atoms with Crippen LogP contribution in [0.3, 0.4) is 0 Å². The number of halogens is 3. The van der Waals surface area contributed by atoms with Crippen molar-refractivity contribution in [3.63, 3.8) is 0 Å². The Labute approximate surface area is 204 Å². The van der Waals surface area contributed by atoms with Gasteiger partial charge in [-0.05, 0) is 36.8 Å². The van der Waals surface area contributed by atoms with Gasteiger partial charge in [-0.15, -0.1) is 10.2 Å². The van der Waals surface area contributed by atoms with Crippen molar-refractivity contribution < 1.29 is 27.5 Å². The minimum atomic E-state index is -4.42. The summed E-state index contributed by atoms with van der Waals surface area (Å²) in [4.78, 5) is 27.1. The van der Waals surface area contributed by atoms with Gasteiger partial charge in [0.05, 0.1) is 12.7 Å². The molecule has 1 heterocycles. The summed E-state index contributed by atoms with van der Waals surface area (Å²) in [5.41, 5.74) is 0.187. The van der Waals surface area contributed by atoms with Crippen LogP contribution in [0, 0.1) is 0 Å². The molecule has 7 nitrogen and oxygen atoms in total. The first-order valence-electron chi connectivity index (χ1n) is 11.0. The van der Waals surface area contributed by atoms with Crippen LogP contribution in [0.25, 0.3) is 10.6 Å². The van der Waals surface area contributed by atoms with Crippen molar-refractivity contribution in [3.8, 4) is 16.3 Å². The molecular weight excluding hydrogens is 481 g/mol. The third-order valence-corrected chi connectivity index (χ3v) is 6.01. The largest absolute Gasteiger partial charge is 0.497 e. The maximum Gasteiger partial charge on any atom is 0.416 e. The van der Waals surface area contributed by atoms with E-state index < -0.39 is 11.7 Å². The van der Waals surface area contributed by atoms with Crippen LogP contribution in [0.2, 0.25) is 0 Å². The van der Waals surface area contributed by atoms with Crippen molar-refractivity contribution in [2.24, 2.45) is 0 Å². The number of nitrogens with one attached hydrogen (secondary N) is 1. The Balaban J connectivity index is 1.60. The van der Waals surface area contributed by atoms with Gasteiger partial charge in [-0.25, -0.2) is 0 Å². The fraction of sp³-hybridized carbons (Fsp3) is 0.333. The van der Waals surface area contributed by atoms with E-state index in [0.717, 1.165) is 36.3 Å². The number of hydrogen-bond donors (Lipinski definition) is 1. The molecule has 11 heteroatoms. The van der Waals surface area contributed by atoms with E-state index in [1.165, 1.54) is 19.2 Å². The number of benzene rings is 2. The molecule has 1 N–H and O–H groups in total. The van der Waals surface area contributed by atoms with Gasteiger partial charge >= 0.3 is 6.18 Å². The minimum absolute atomic E-state index is 0.0502. The summed E-state index contributed by atoms with van der Waals surface area (Å²) in [6.07, 6.45) is -2.68. The fourth-order valence-corrected chi connectivity index (χ4v) is 3.98. The van der Waals surface area contributed by atoms with Gasteiger partial charge in [0.1, 0.15) is 10.8 Å². The molecule has 0 aliphatic carbocycles. The van der Waals surface area contributed by atoms with E-state index in [0.29, 0.717) is 28.4 Å². The van der Waals surface area contributed by atoms with Gasteiger partial charge in [-0.3, -0.25) is 9.59 Å². The van der Waals surface area contributed by atoms with Crippen LogP contribution in [0.5, 0.6) is 5.75 Å². The number of unbranched alkanes of at least 4 members (excludes halogenated alkanes) is 1. The number of nitrogens with zero attached hydrogens (tertiary/aromatic N) is 3. The molecule has 0 aliphatic heterocycles. The van der Waals surface area contributed by atoms with Crippen LogP contribution in [0.15, 0.2) is 48.5 Å². The van der Waals surface area contributed by atoms with Gasteiger partial charge in [0.25, 0.3) is 5.91 Å². The summed E-state index contributed by atoms with van der Waals surface area (Å²) in [5, 5.41) is 11.1. The average molecular weight is 507 g/mol. The Morgan fingerprint density at radius 3 is 2.49 bits per heavy atom. The smallest absolute Gasteiger partial charge is 0.416 e. The highest BCUT2D eigenvalue weighted by molar-refractivity contribution is 7.18. The topological polar surface area (TPSA) is 84.4 Å². The van der Waals surface area contributed by atoms with Crippen molar-refractivity contribution in [1.29, 1.82) is 0 Å². The molecule has 186 valence electrons. The molecule has 2 amide bonds. The van der Waals surface area contributed by atoms with Gasteiger partial charge in [0, 0.05) is 30.6 Å². The average Bonchev–Trinajstić information content (AvgIpc) is 3.31. The van der Waals surface area contributed by atoms with Gasteiger partial charge in [-0.1, -0.05) is 42.9 Å².